The third-order valence-corrected chi connectivity index (χ3v) is 7.53. The number of carboxylic acid groups (broad SMARTS) is 2. The standard InChI is InChI=1S/C31H38F3N5O12/c1-5-13(2)25(35-15(4)41)29(49)37-19(8-9-22(42)43)27(47)39-26(14(3)40)30(50)38-20(12-23(44)45)28(48)36-16-6-7-17-18(31(32,33)34)11-24(46)51-21(17)10-16/h6-7,10-11,13-14,19-20,25-26,40H,5,8-9,12H2,1-4H3,(H,35,41)(H,36,48)(H,37,49)(H,38,50)(H,39,47)(H,42,43)(H,44,45). The van der Waals surface area contributed by atoms with Gasteiger partial charge >= 0.3 is 23.7 Å². The molecule has 5 amide bonds. The number of hydrogen-bond acceptors (Lipinski definition) is 10. The van der Waals surface area contributed by atoms with E-state index in [1.807, 2.05) is 0 Å². The predicted octanol–water partition coefficient (Wildman–Crippen LogP) is 0.476. The van der Waals surface area contributed by atoms with Crippen LogP contribution in [0.3, 0.4) is 0 Å². The highest BCUT2D eigenvalue weighted by molar-refractivity contribution is 6.01. The van der Waals surface area contributed by atoms with Gasteiger partial charge in [-0.1, -0.05) is 20.3 Å². The van der Waals surface area contributed by atoms with E-state index in [4.69, 9.17) is 4.42 Å². The Bertz CT molecular complexity index is 1710. The highest BCUT2D eigenvalue weighted by atomic mass is 19.4. The number of halogens is 3. The minimum atomic E-state index is -4.92. The van der Waals surface area contributed by atoms with Gasteiger partial charge in [-0.2, -0.15) is 13.2 Å². The number of aliphatic hydroxyl groups excluding tert-OH is 1. The first kappa shape index (κ1) is 41.6. The van der Waals surface area contributed by atoms with Gasteiger partial charge in [-0.15, -0.1) is 0 Å². The Balaban J connectivity index is 2.32. The topological polar surface area (TPSA) is 271 Å². The molecular weight excluding hydrogens is 691 g/mol. The predicted molar refractivity (Wildman–Crippen MR) is 170 cm³/mol. The maximum Gasteiger partial charge on any atom is 0.417 e. The van der Waals surface area contributed by atoms with Crippen LogP contribution in [0.1, 0.15) is 58.9 Å². The number of alkyl halides is 3. The average Bonchev–Trinajstić information content (AvgIpc) is 3.01. The van der Waals surface area contributed by atoms with E-state index >= 15 is 0 Å². The van der Waals surface area contributed by atoms with Crippen molar-refractivity contribution < 1.29 is 66.5 Å². The molecule has 6 unspecified atom stereocenters. The monoisotopic (exact) mass is 729 g/mol. The SMILES string of the molecule is CCC(C)C(NC(C)=O)C(=O)NC(CCC(=O)O)C(=O)NC(C(=O)NC(CC(=O)O)C(=O)Nc1ccc2c(C(F)(F)F)cc(=O)oc2c1)C(C)O. The molecule has 280 valence electrons. The summed E-state index contributed by atoms with van der Waals surface area (Å²) in [6.45, 7) is 5.59. The summed E-state index contributed by atoms with van der Waals surface area (Å²) in [5, 5.41) is 39.6. The first-order valence-corrected chi connectivity index (χ1v) is 15.4. The molecule has 0 bridgehead atoms. The Morgan fingerprint density at radius 1 is 0.824 bits per heavy atom. The molecule has 51 heavy (non-hydrogen) atoms. The van der Waals surface area contributed by atoms with E-state index in [1.54, 1.807) is 13.8 Å². The molecule has 2 rings (SSSR count). The summed E-state index contributed by atoms with van der Waals surface area (Å²) >= 11 is 0. The summed E-state index contributed by atoms with van der Waals surface area (Å²) in [4.78, 5) is 98.9. The van der Waals surface area contributed by atoms with E-state index in [2.05, 4.69) is 26.6 Å². The lowest BCUT2D eigenvalue weighted by Crippen LogP contribution is -2.61. The molecule has 1 aromatic carbocycles. The summed E-state index contributed by atoms with van der Waals surface area (Å²) in [5.74, 6) is -8.42. The van der Waals surface area contributed by atoms with E-state index in [9.17, 15) is 66.8 Å². The van der Waals surface area contributed by atoms with Gasteiger partial charge in [0.25, 0.3) is 0 Å². The van der Waals surface area contributed by atoms with Crippen LogP contribution in [-0.2, 0) is 39.7 Å². The van der Waals surface area contributed by atoms with Crippen molar-refractivity contribution in [1.82, 2.24) is 21.3 Å². The highest BCUT2D eigenvalue weighted by Crippen LogP contribution is 2.34. The summed E-state index contributed by atoms with van der Waals surface area (Å²) in [7, 11) is 0. The smallest absolute Gasteiger partial charge is 0.417 e. The van der Waals surface area contributed by atoms with Crippen LogP contribution in [0.4, 0.5) is 18.9 Å². The molecule has 0 fully saturated rings. The number of rotatable bonds is 17. The van der Waals surface area contributed by atoms with E-state index in [-0.39, 0.29) is 11.8 Å². The van der Waals surface area contributed by atoms with Crippen LogP contribution in [0.2, 0.25) is 0 Å². The zero-order valence-electron chi connectivity index (χ0n) is 27.8. The van der Waals surface area contributed by atoms with Gasteiger partial charge in [0, 0.05) is 36.6 Å². The number of aliphatic hydroxyl groups is 1. The van der Waals surface area contributed by atoms with Gasteiger partial charge in [0.05, 0.1) is 18.1 Å². The van der Waals surface area contributed by atoms with Gasteiger partial charge in [0.2, 0.25) is 29.5 Å². The number of anilines is 1. The third-order valence-electron chi connectivity index (χ3n) is 7.53. The normalized spacial score (nSPS) is 14.9. The molecular formula is C31H38F3N5O12. The number of aliphatic carboxylic acids is 2. The summed E-state index contributed by atoms with van der Waals surface area (Å²) in [6.07, 6.45) is -8.39. The van der Waals surface area contributed by atoms with Crippen LogP contribution in [0.15, 0.2) is 33.5 Å². The first-order valence-electron chi connectivity index (χ1n) is 15.4. The first-order chi connectivity index (χ1) is 23.6. The number of carboxylic acids is 2. The lowest BCUT2D eigenvalue weighted by molar-refractivity contribution is -0.141. The molecule has 20 heteroatoms. The Morgan fingerprint density at radius 2 is 1.43 bits per heavy atom. The number of carbonyl (C=O) groups excluding carboxylic acids is 5. The second kappa shape index (κ2) is 17.9. The van der Waals surface area contributed by atoms with Crippen molar-refractivity contribution in [3.8, 4) is 0 Å². The van der Waals surface area contributed by atoms with Crippen molar-refractivity contribution in [3.63, 3.8) is 0 Å². The minimum absolute atomic E-state index is 0.244. The van der Waals surface area contributed by atoms with Crippen molar-refractivity contribution in [2.45, 2.75) is 89.8 Å². The molecule has 6 atom stereocenters. The zero-order chi connectivity index (χ0) is 38.8. The molecule has 8 N–H and O–H groups in total. The maximum absolute atomic E-state index is 13.4. The van der Waals surface area contributed by atoms with Gasteiger partial charge in [-0.3, -0.25) is 33.6 Å². The van der Waals surface area contributed by atoms with Crippen LogP contribution < -0.4 is 32.2 Å². The molecule has 0 aliphatic carbocycles. The van der Waals surface area contributed by atoms with Gasteiger partial charge < -0.3 is 46.3 Å². The minimum Gasteiger partial charge on any atom is -0.481 e. The maximum atomic E-state index is 13.4. The summed E-state index contributed by atoms with van der Waals surface area (Å²) in [6, 6.07) is -3.54. The van der Waals surface area contributed by atoms with Crippen LogP contribution in [0.5, 0.6) is 0 Å². The van der Waals surface area contributed by atoms with E-state index in [0.717, 1.165) is 32.0 Å². The molecule has 17 nitrogen and oxygen atoms in total. The van der Waals surface area contributed by atoms with Crippen LogP contribution in [-0.4, -0.2) is 87.1 Å². The number of hydrogen-bond donors (Lipinski definition) is 8. The van der Waals surface area contributed by atoms with Crippen molar-refractivity contribution in [1.29, 1.82) is 0 Å². The fourth-order valence-electron chi connectivity index (χ4n) is 4.73. The second-order valence-electron chi connectivity index (χ2n) is 11.6. The van der Waals surface area contributed by atoms with Gasteiger partial charge in [-0.05, 0) is 31.4 Å². The van der Waals surface area contributed by atoms with E-state index in [1.165, 1.54) is 0 Å². The van der Waals surface area contributed by atoms with Crippen LogP contribution in [0.25, 0.3) is 11.0 Å². The lowest BCUT2D eigenvalue weighted by Gasteiger charge is -2.28. The van der Waals surface area contributed by atoms with Crippen molar-refractivity contribution in [2.24, 2.45) is 5.92 Å². The quantitative estimate of drug-likeness (QED) is 0.103. The molecule has 0 saturated carbocycles. The lowest BCUT2D eigenvalue weighted by atomic mass is 9.97. The van der Waals surface area contributed by atoms with E-state index < -0.39 is 125 Å². The number of fused-ring (bicyclic) bond motifs is 1. The fraction of sp³-hybridized carbons (Fsp3) is 0.484. The van der Waals surface area contributed by atoms with E-state index in [0.29, 0.717) is 6.42 Å². The second-order valence-corrected chi connectivity index (χ2v) is 11.6. The molecule has 0 radical (unpaired) electrons. The largest absolute Gasteiger partial charge is 0.481 e. The van der Waals surface area contributed by atoms with Crippen LogP contribution >= 0.6 is 0 Å². The Hall–Kier alpha value is -5.53. The zero-order valence-corrected chi connectivity index (χ0v) is 27.8. The molecule has 0 spiro atoms. The highest BCUT2D eigenvalue weighted by Gasteiger charge is 2.36. The van der Waals surface area contributed by atoms with Crippen LogP contribution in [0, 0.1) is 5.92 Å². The van der Waals surface area contributed by atoms with Crippen molar-refractivity contribution in [3.05, 3.63) is 40.2 Å². The molecule has 0 aliphatic heterocycles. The number of carbonyl (C=O) groups is 7. The fourth-order valence-corrected chi connectivity index (χ4v) is 4.73. The summed E-state index contributed by atoms with van der Waals surface area (Å²) in [5.41, 5.74) is -3.47. The Kier molecular flexibility index (Phi) is 14.6. The van der Waals surface area contributed by atoms with Crippen molar-refractivity contribution >= 4 is 58.1 Å². The molecule has 1 heterocycles. The number of nitrogens with one attached hydrogen (secondary N) is 5. The van der Waals surface area contributed by atoms with Crippen molar-refractivity contribution in [2.75, 3.05) is 5.32 Å². The molecule has 0 aliphatic rings. The molecule has 0 saturated heterocycles. The van der Waals surface area contributed by atoms with Gasteiger partial charge in [-0.25, -0.2) is 4.79 Å². The third kappa shape index (κ3) is 12.4. The summed E-state index contributed by atoms with van der Waals surface area (Å²) < 4.78 is 45.0. The average molecular weight is 730 g/mol. The van der Waals surface area contributed by atoms with Gasteiger partial charge in [0.15, 0.2) is 0 Å². The Labute approximate surface area is 287 Å². The molecule has 2 aromatic rings. The number of amides is 5. The molecule has 1 aromatic heterocycles. The van der Waals surface area contributed by atoms with Gasteiger partial charge in [0.1, 0.15) is 29.8 Å². The Morgan fingerprint density at radius 3 is 1.96 bits per heavy atom. The number of benzene rings is 1.